The van der Waals surface area contributed by atoms with Gasteiger partial charge in [-0.15, -0.1) is 0 Å². The number of aromatic hydroxyl groups is 1. The molecule has 0 spiro atoms. The number of hydrogen-bond donors (Lipinski definition) is 1. The molecule has 3 aromatic carbocycles. The van der Waals surface area contributed by atoms with E-state index >= 15 is 0 Å². The Balaban J connectivity index is 1.60. The molecule has 4 rings (SSSR count). The summed E-state index contributed by atoms with van der Waals surface area (Å²) in [7, 11) is 0. The summed E-state index contributed by atoms with van der Waals surface area (Å²) in [5, 5.41) is 10.2. The van der Waals surface area contributed by atoms with E-state index < -0.39 is 0 Å². The number of phenols is 1. The molecule has 0 saturated heterocycles. The van der Waals surface area contributed by atoms with E-state index in [0.29, 0.717) is 5.75 Å². The lowest BCUT2D eigenvalue weighted by Gasteiger charge is -2.19. The minimum atomic E-state index is 0.0303. The Bertz CT molecular complexity index is 1310. The fourth-order valence-electron chi connectivity index (χ4n) is 4.82. The Morgan fingerprint density at radius 3 is 1.87 bits per heavy atom. The molecule has 4 aromatic rings. The maximum atomic E-state index is 10.2. The van der Waals surface area contributed by atoms with Gasteiger partial charge in [-0.3, -0.25) is 0 Å². The van der Waals surface area contributed by atoms with Crippen molar-refractivity contribution in [3.05, 3.63) is 88.7 Å². The Kier molecular flexibility index (Phi) is 9.11. The van der Waals surface area contributed by atoms with Crippen molar-refractivity contribution in [1.29, 1.82) is 0 Å². The van der Waals surface area contributed by atoms with Crippen LogP contribution in [0.4, 0.5) is 0 Å². The normalized spacial score (nSPS) is 11.9. The van der Waals surface area contributed by atoms with Crippen LogP contribution in [0, 0.1) is 27.7 Å². The number of aromatic nitrogens is 3. The Morgan fingerprint density at radius 2 is 1.32 bits per heavy atom. The van der Waals surface area contributed by atoms with Crippen LogP contribution in [0.15, 0.2) is 60.7 Å². The van der Waals surface area contributed by atoms with Crippen molar-refractivity contribution in [2.75, 3.05) is 0 Å². The van der Waals surface area contributed by atoms with Crippen LogP contribution in [-0.4, -0.2) is 26.2 Å². The topological polar surface area (TPSA) is 68.1 Å². The number of para-hydroxylation sites is 2. The number of aryl methyl sites for hydroxylation is 5. The first-order chi connectivity index (χ1) is 18.3. The van der Waals surface area contributed by atoms with Gasteiger partial charge in [0.15, 0.2) is 23.1 Å². The smallest absolute Gasteiger partial charge is 0.163 e. The quantitative estimate of drug-likeness (QED) is 0.221. The fourth-order valence-corrected chi connectivity index (χ4v) is 4.82. The van der Waals surface area contributed by atoms with Crippen LogP contribution in [0.25, 0.3) is 22.8 Å². The highest BCUT2D eigenvalue weighted by molar-refractivity contribution is 5.66. The Morgan fingerprint density at radius 1 is 0.737 bits per heavy atom. The number of hydrogen-bond acceptors (Lipinski definition) is 5. The highest BCUT2D eigenvalue weighted by atomic mass is 16.5. The molecular weight excluding hydrogens is 470 g/mol. The molecule has 0 amide bonds. The average molecular weight is 510 g/mol. The molecule has 0 aliphatic heterocycles. The second-order valence-corrected chi connectivity index (χ2v) is 10.3. The van der Waals surface area contributed by atoms with Crippen molar-refractivity contribution < 1.29 is 9.84 Å². The largest absolute Gasteiger partial charge is 0.504 e. The van der Waals surface area contributed by atoms with Crippen molar-refractivity contribution >= 4 is 0 Å². The minimum absolute atomic E-state index is 0.0303. The molecule has 5 heteroatoms. The summed E-state index contributed by atoms with van der Waals surface area (Å²) < 4.78 is 6.22. The Labute approximate surface area is 227 Å². The standard InChI is InChI=1S/C33H39N3O2/c1-6-7-11-26(38-30-14-9-8-13-29(30)37)12-10-15-31-34-32(27-18-16-22(2)20-24(27)4)36-33(35-31)28-19-17-23(3)21-25(28)5/h8-9,13-14,16-21,26,37H,6-7,10-12,15H2,1-5H3. The molecule has 1 atom stereocenters. The summed E-state index contributed by atoms with van der Waals surface area (Å²) in [6, 6.07) is 20.0. The zero-order valence-corrected chi connectivity index (χ0v) is 23.3. The van der Waals surface area contributed by atoms with Gasteiger partial charge in [0.05, 0.1) is 6.10 Å². The lowest BCUT2D eigenvalue weighted by atomic mass is 10.0. The van der Waals surface area contributed by atoms with E-state index in [9.17, 15) is 5.11 Å². The molecule has 0 fully saturated rings. The fraction of sp³-hybridized carbons (Fsp3) is 0.364. The zero-order chi connectivity index (χ0) is 27.1. The molecule has 1 heterocycles. The van der Waals surface area contributed by atoms with Crippen molar-refractivity contribution in [1.82, 2.24) is 15.0 Å². The lowest BCUT2D eigenvalue weighted by Crippen LogP contribution is -2.17. The van der Waals surface area contributed by atoms with Crippen LogP contribution in [0.1, 0.15) is 67.1 Å². The van der Waals surface area contributed by atoms with Gasteiger partial charge in [-0.05, 0) is 70.2 Å². The van der Waals surface area contributed by atoms with Crippen LogP contribution < -0.4 is 4.74 Å². The predicted octanol–water partition coefficient (Wildman–Crippen LogP) is 8.11. The summed E-state index contributed by atoms with van der Waals surface area (Å²) in [4.78, 5) is 14.8. The SMILES string of the molecule is CCCCC(CCCc1nc(-c2ccc(C)cc2C)nc(-c2ccc(C)cc2C)n1)Oc1ccccc1O. The molecule has 1 unspecified atom stereocenters. The number of rotatable bonds is 11. The van der Waals surface area contributed by atoms with Crippen molar-refractivity contribution in [2.45, 2.75) is 79.2 Å². The van der Waals surface area contributed by atoms with Gasteiger partial charge in [0.1, 0.15) is 5.82 Å². The summed E-state index contributed by atoms with van der Waals surface area (Å²) >= 11 is 0. The molecule has 0 aliphatic carbocycles. The second-order valence-electron chi connectivity index (χ2n) is 10.3. The third kappa shape index (κ3) is 6.97. The van der Waals surface area contributed by atoms with Crippen LogP contribution in [0.3, 0.4) is 0 Å². The molecule has 0 bridgehead atoms. The van der Waals surface area contributed by atoms with E-state index in [-0.39, 0.29) is 11.9 Å². The highest BCUT2D eigenvalue weighted by Gasteiger charge is 2.16. The summed E-state index contributed by atoms with van der Waals surface area (Å²) in [6.45, 7) is 10.6. The van der Waals surface area contributed by atoms with Crippen molar-refractivity contribution in [3.8, 4) is 34.3 Å². The lowest BCUT2D eigenvalue weighted by molar-refractivity contribution is 0.168. The van der Waals surface area contributed by atoms with Gasteiger partial charge in [-0.2, -0.15) is 0 Å². The molecular formula is C33H39N3O2. The summed E-state index contributed by atoms with van der Waals surface area (Å²) in [5.41, 5.74) is 6.83. The van der Waals surface area contributed by atoms with E-state index in [1.54, 1.807) is 6.07 Å². The van der Waals surface area contributed by atoms with E-state index in [1.807, 2.05) is 18.2 Å². The average Bonchev–Trinajstić information content (AvgIpc) is 2.88. The van der Waals surface area contributed by atoms with Crippen molar-refractivity contribution in [2.24, 2.45) is 0 Å². The number of benzene rings is 3. The monoisotopic (exact) mass is 509 g/mol. The Hall–Kier alpha value is -3.73. The van der Waals surface area contributed by atoms with Gasteiger partial charge in [0.2, 0.25) is 0 Å². The van der Waals surface area contributed by atoms with Gasteiger partial charge in [0.25, 0.3) is 0 Å². The molecule has 0 saturated carbocycles. The predicted molar refractivity (Wildman–Crippen MR) is 155 cm³/mol. The summed E-state index contributed by atoms with van der Waals surface area (Å²) in [6.07, 6.45) is 5.63. The first-order valence-corrected chi connectivity index (χ1v) is 13.7. The van der Waals surface area contributed by atoms with Gasteiger partial charge in [0, 0.05) is 17.5 Å². The van der Waals surface area contributed by atoms with Gasteiger partial charge in [-0.1, -0.05) is 79.4 Å². The van der Waals surface area contributed by atoms with Crippen LogP contribution in [0.2, 0.25) is 0 Å². The molecule has 0 radical (unpaired) electrons. The minimum Gasteiger partial charge on any atom is -0.504 e. The molecule has 198 valence electrons. The third-order valence-corrected chi connectivity index (χ3v) is 6.89. The number of nitrogens with zero attached hydrogens (tertiary/aromatic N) is 3. The molecule has 1 N–H and O–H groups in total. The molecule has 1 aromatic heterocycles. The van der Waals surface area contributed by atoms with E-state index in [4.69, 9.17) is 19.7 Å². The van der Waals surface area contributed by atoms with Gasteiger partial charge in [-0.25, -0.2) is 15.0 Å². The zero-order valence-electron chi connectivity index (χ0n) is 23.3. The van der Waals surface area contributed by atoms with Gasteiger partial charge < -0.3 is 9.84 Å². The molecule has 0 aliphatic rings. The second kappa shape index (κ2) is 12.7. The van der Waals surface area contributed by atoms with E-state index in [2.05, 4.69) is 71.0 Å². The van der Waals surface area contributed by atoms with E-state index in [0.717, 1.165) is 78.3 Å². The number of phenolic OH excluding ortho intramolecular Hbond substituents is 1. The van der Waals surface area contributed by atoms with Crippen molar-refractivity contribution in [3.63, 3.8) is 0 Å². The highest BCUT2D eigenvalue weighted by Crippen LogP contribution is 2.29. The molecule has 5 nitrogen and oxygen atoms in total. The first-order valence-electron chi connectivity index (χ1n) is 13.7. The maximum Gasteiger partial charge on any atom is 0.163 e. The van der Waals surface area contributed by atoms with Crippen LogP contribution >= 0.6 is 0 Å². The van der Waals surface area contributed by atoms with E-state index in [1.165, 1.54) is 11.1 Å². The van der Waals surface area contributed by atoms with Crippen LogP contribution in [0.5, 0.6) is 11.5 Å². The summed E-state index contributed by atoms with van der Waals surface area (Å²) in [5.74, 6) is 2.96. The van der Waals surface area contributed by atoms with Crippen LogP contribution in [-0.2, 0) is 6.42 Å². The first kappa shape index (κ1) is 27.3. The molecule has 38 heavy (non-hydrogen) atoms. The number of ether oxygens (including phenoxy) is 1. The number of unbranched alkanes of at least 4 members (excludes halogenated alkanes) is 1. The van der Waals surface area contributed by atoms with Gasteiger partial charge >= 0.3 is 0 Å². The maximum absolute atomic E-state index is 10.2. The third-order valence-electron chi connectivity index (χ3n) is 6.89.